The van der Waals surface area contributed by atoms with Gasteiger partial charge in [-0.3, -0.25) is 9.59 Å². The van der Waals surface area contributed by atoms with Crippen LogP contribution in [0.1, 0.15) is 31.1 Å². The highest BCUT2D eigenvalue weighted by Crippen LogP contribution is 2.15. The second-order valence-corrected chi connectivity index (χ2v) is 5.65. The number of carboxylic acids is 1. The first-order valence-corrected chi connectivity index (χ1v) is 7.02. The number of aliphatic carboxylic acids is 1. The predicted molar refractivity (Wildman–Crippen MR) is 80.5 cm³/mol. The third kappa shape index (κ3) is 5.45. The summed E-state index contributed by atoms with van der Waals surface area (Å²) in [6.07, 6.45) is 0. The van der Waals surface area contributed by atoms with Crippen LogP contribution in [0.5, 0.6) is 5.75 Å². The lowest BCUT2D eigenvalue weighted by molar-refractivity contribution is -0.141. The molecular formula is C16H23NO4. The molecular weight excluding hydrogens is 270 g/mol. The van der Waals surface area contributed by atoms with Crippen molar-refractivity contribution >= 4 is 11.9 Å². The van der Waals surface area contributed by atoms with Crippen LogP contribution >= 0.6 is 0 Å². The van der Waals surface area contributed by atoms with Gasteiger partial charge in [0, 0.05) is 19.2 Å². The SMILES string of the molecule is CC(C)COc1ccc(C(=O)N(C)CC(C)C(=O)O)cc1. The Labute approximate surface area is 125 Å². The summed E-state index contributed by atoms with van der Waals surface area (Å²) in [5.41, 5.74) is 0.520. The van der Waals surface area contributed by atoms with Crippen molar-refractivity contribution in [2.24, 2.45) is 11.8 Å². The highest BCUT2D eigenvalue weighted by atomic mass is 16.5. The van der Waals surface area contributed by atoms with Crippen molar-refractivity contribution in [3.05, 3.63) is 29.8 Å². The van der Waals surface area contributed by atoms with Gasteiger partial charge >= 0.3 is 5.97 Å². The zero-order valence-electron chi connectivity index (χ0n) is 13.0. The Morgan fingerprint density at radius 3 is 2.24 bits per heavy atom. The van der Waals surface area contributed by atoms with Crippen molar-refractivity contribution in [1.29, 1.82) is 0 Å². The Bertz CT molecular complexity index is 482. The van der Waals surface area contributed by atoms with Crippen LogP contribution in [0.25, 0.3) is 0 Å². The van der Waals surface area contributed by atoms with Crippen molar-refractivity contribution in [3.8, 4) is 5.75 Å². The van der Waals surface area contributed by atoms with Gasteiger partial charge in [0.1, 0.15) is 5.75 Å². The number of hydrogen-bond donors (Lipinski definition) is 1. The van der Waals surface area contributed by atoms with Gasteiger partial charge in [-0.05, 0) is 30.2 Å². The minimum atomic E-state index is -0.910. The molecule has 21 heavy (non-hydrogen) atoms. The molecule has 0 fully saturated rings. The van der Waals surface area contributed by atoms with E-state index in [-0.39, 0.29) is 12.5 Å². The van der Waals surface area contributed by atoms with Gasteiger partial charge in [-0.2, -0.15) is 0 Å². The highest BCUT2D eigenvalue weighted by molar-refractivity contribution is 5.94. The van der Waals surface area contributed by atoms with Gasteiger partial charge < -0.3 is 14.7 Å². The van der Waals surface area contributed by atoms with Crippen molar-refractivity contribution in [2.45, 2.75) is 20.8 Å². The number of hydrogen-bond acceptors (Lipinski definition) is 3. The van der Waals surface area contributed by atoms with Gasteiger partial charge in [-0.25, -0.2) is 0 Å². The van der Waals surface area contributed by atoms with Crippen molar-refractivity contribution in [3.63, 3.8) is 0 Å². The molecule has 5 heteroatoms. The average Bonchev–Trinajstić information content (AvgIpc) is 2.44. The largest absolute Gasteiger partial charge is 0.493 e. The second kappa shape index (κ2) is 7.67. The highest BCUT2D eigenvalue weighted by Gasteiger charge is 2.18. The standard InChI is InChI=1S/C16H23NO4/c1-11(2)10-21-14-7-5-13(6-8-14)15(18)17(4)9-12(3)16(19)20/h5-8,11-12H,9-10H2,1-4H3,(H,19,20). The molecule has 0 aliphatic rings. The molecule has 0 aliphatic heterocycles. The van der Waals surface area contributed by atoms with Crippen LogP contribution in [0.4, 0.5) is 0 Å². The number of carboxylic acid groups (broad SMARTS) is 1. The number of nitrogens with zero attached hydrogens (tertiary/aromatic N) is 1. The monoisotopic (exact) mass is 293 g/mol. The minimum absolute atomic E-state index is 0.180. The van der Waals surface area contributed by atoms with Crippen LogP contribution in [0, 0.1) is 11.8 Å². The second-order valence-electron chi connectivity index (χ2n) is 5.65. The van der Waals surface area contributed by atoms with E-state index in [0.717, 1.165) is 5.75 Å². The predicted octanol–water partition coefficient (Wildman–Crippen LogP) is 2.51. The Morgan fingerprint density at radius 2 is 1.76 bits per heavy atom. The molecule has 0 radical (unpaired) electrons. The summed E-state index contributed by atoms with van der Waals surface area (Å²) in [4.78, 5) is 24.4. The fourth-order valence-electron chi connectivity index (χ4n) is 1.75. The third-order valence-corrected chi connectivity index (χ3v) is 3.00. The summed E-state index contributed by atoms with van der Waals surface area (Å²) in [5, 5.41) is 8.87. The van der Waals surface area contributed by atoms with E-state index in [1.54, 1.807) is 38.2 Å². The van der Waals surface area contributed by atoms with Crippen LogP contribution in [-0.4, -0.2) is 42.1 Å². The average molecular weight is 293 g/mol. The summed E-state index contributed by atoms with van der Waals surface area (Å²) in [7, 11) is 1.60. The van der Waals surface area contributed by atoms with Gasteiger partial charge in [0.05, 0.1) is 12.5 Å². The summed E-state index contributed by atoms with van der Waals surface area (Å²) < 4.78 is 5.56. The molecule has 1 unspecified atom stereocenters. The van der Waals surface area contributed by atoms with E-state index in [1.165, 1.54) is 4.90 Å². The number of rotatable bonds is 7. The number of amides is 1. The normalized spacial score (nSPS) is 12.0. The van der Waals surface area contributed by atoms with E-state index >= 15 is 0 Å². The van der Waals surface area contributed by atoms with Crippen molar-refractivity contribution in [1.82, 2.24) is 4.90 Å². The molecule has 1 amide bonds. The van der Waals surface area contributed by atoms with Crippen LogP contribution in [-0.2, 0) is 4.79 Å². The quantitative estimate of drug-likeness (QED) is 0.839. The van der Waals surface area contributed by atoms with E-state index in [4.69, 9.17) is 9.84 Å². The smallest absolute Gasteiger partial charge is 0.308 e. The lowest BCUT2D eigenvalue weighted by atomic mass is 10.1. The Kier molecular flexibility index (Phi) is 6.21. The zero-order valence-corrected chi connectivity index (χ0v) is 13.0. The first-order chi connectivity index (χ1) is 9.81. The fraction of sp³-hybridized carbons (Fsp3) is 0.500. The number of benzene rings is 1. The first-order valence-electron chi connectivity index (χ1n) is 7.02. The first kappa shape index (κ1) is 17.0. The Hall–Kier alpha value is -2.04. The maximum absolute atomic E-state index is 12.2. The van der Waals surface area contributed by atoms with Crippen LogP contribution in [0.3, 0.4) is 0 Å². The number of ether oxygens (including phenoxy) is 1. The molecule has 0 aliphatic carbocycles. The van der Waals surface area contributed by atoms with E-state index < -0.39 is 11.9 Å². The van der Waals surface area contributed by atoms with Gasteiger partial charge in [0.25, 0.3) is 5.91 Å². The molecule has 1 aromatic rings. The molecule has 1 rings (SSSR count). The third-order valence-electron chi connectivity index (χ3n) is 3.00. The molecule has 116 valence electrons. The summed E-state index contributed by atoms with van der Waals surface area (Å²) >= 11 is 0. The molecule has 0 saturated heterocycles. The maximum Gasteiger partial charge on any atom is 0.308 e. The molecule has 0 bridgehead atoms. The lowest BCUT2D eigenvalue weighted by Gasteiger charge is -2.19. The van der Waals surface area contributed by atoms with E-state index in [0.29, 0.717) is 18.1 Å². The van der Waals surface area contributed by atoms with Gasteiger partial charge in [0.15, 0.2) is 0 Å². The zero-order chi connectivity index (χ0) is 16.0. The summed E-state index contributed by atoms with van der Waals surface area (Å²) in [6.45, 7) is 6.52. The number of carbonyl (C=O) groups is 2. The van der Waals surface area contributed by atoms with Crippen LogP contribution < -0.4 is 4.74 Å². The van der Waals surface area contributed by atoms with Gasteiger partial charge in [-0.1, -0.05) is 20.8 Å². The molecule has 1 aromatic carbocycles. The van der Waals surface area contributed by atoms with Crippen molar-refractivity contribution < 1.29 is 19.4 Å². The topological polar surface area (TPSA) is 66.8 Å². The molecule has 1 atom stereocenters. The van der Waals surface area contributed by atoms with Crippen LogP contribution in [0.15, 0.2) is 24.3 Å². The summed E-state index contributed by atoms with van der Waals surface area (Å²) in [6, 6.07) is 6.90. The molecule has 1 N–H and O–H groups in total. The molecule has 0 saturated carbocycles. The van der Waals surface area contributed by atoms with E-state index in [9.17, 15) is 9.59 Å². The molecule has 5 nitrogen and oxygen atoms in total. The Balaban J connectivity index is 2.64. The maximum atomic E-state index is 12.2. The fourth-order valence-corrected chi connectivity index (χ4v) is 1.75. The van der Waals surface area contributed by atoms with E-state index in [1.807, 2.05) is 0 Å². The molecule has 0 spiro atoms. The van der Waals surface area contributed by atoms with E-state index in [2.05, 4.69) is 13.8 Å². The minimum Gasteiger partial charge on any atom is -0.493 e. The summed E-state index contributed by atoms with van der Waals surface area (Å²) in [5.74, 6) is -0.532. The number of carbonyl (C=O) groups excluding carboxylic acids is 1. The molecule has 0 aromatic heterocycles. The van der Waals surface area contributed by atoms with Crippen LogP contribution in [0.2, 0.25) is 0 Å². The van der Waals surface area contributed by atoms with Crippen molar-refractivity contribution in [2.75, 3.05) is 20.2 Å². The van der Waals surface area contributed by atoms with Gasteiger partial charge in [0.2, 0.25) is 0 Å². The van der Waals surface area contributed by atoms with Gasteiger partial charge in [-0.15, -0.1) is 0 Å². The molecule has 0 heterocycles. The lowest BCUT2D eigenvalue weighted by Crippen LogP contribution is -2.33. The Morgan fingerprint density at radius 1 is 1.19 bits per heavy atom.